The van der Waals surface area contributed by atoms with Crippen LogP contribution in [0, 0.1) is 28.6 Å². The van der Waals surface area contributed by atoms with Gasteiger partial charge in [-0.2, -0.15) is 0 Å². The van der Waals surface area contributed by atoms with Crippen molar-refractivity contribution >= 4 is 11.6 Å². The third-order valence-electron chi connectivity index (χ3n) is 8.63. The first-order valence-electron chi connectivity index (χ1n) is 9.79. The quantitative estimate of drug-likeness (QED) is 0.766. The lowest BCUT2D eigenvalue weighted by Crippen LogP contribution is -2.61. The molecule has 0 spiro atoms. The van der Waals surface area contributed by atoms with Gasteiger partial charge in [-0.25, -0.2) is 0 Å². The second-order valence-electron chi connectivity index (χ2n) is 9.53. The number of rotatable bonds is 1. The molecular formula is C21H30O4. The summed E-state index contributed by atoms with van der Waals surface area (Å²) in [6, 6.07) is 0. The summed E-state index contributed by atoms with van der Waals surface area (Å²) in [6.45, 7) is 5.73. The Morgan fingerprint density at radius 3 is 2.60 bits per heavy atom. The Bertz CT molecular complexity index is 667. The standard InChI is InChI=1S/C21H30O4/c1-12(22)21(25)9-7-16-15-5-4-13-10-14(23)6-8-19(13,2)18(15)17(24)11-20(16,21)3/h10,15-18,24-25H,4-9,11H2,1-3H3/t15-,16+,17+,18+,19-,20-,21-/m0/s1. The van der Waals surface area contributed by atoms with E-state index in [2.05, 4.69) is 6.92 Å². The molecule has 0 amide bonds. The van der Waals surface area contributed by atoms with Crippen molar-refractivity contribution in [1.29, 1.82) is 0 Å². The Morgan fingerprint density at radius 1 is 1.20 bits per heavy atom. The third-order valence-corrected chi connectivity index (χ3v) is 8.63. The minimum atomic E-state index is -1.30. The SMILES string of the molecule is CC(=O)[C@@]1(O)CC[C@@H]2[C@@H]3CCC4=CC(=O)CC[C@]4(C)[C@H]3[C@H](O)C[C@@]21C. The molecule has 4 aliphatic rings. The molecule has 7 atom stereocenters. The number of allylic oxidation sites excluding steroid dienone is 1. The van der Waals surface area contributed by atoms with Gasteiger partial charge in [-0.15, -0.1) is 0 Å². The number of ketones is 2. The van der Waals surface area contributed by atoms with Crippen LogP contribution in [0.2, 0.25) is 0 Å². The first-order chi connectivity index (χ1) is 11.6. The molecule has 4 heteroatoms. The number of fused-ring (bicyclic) bond motifs is 5. The van der Waals surface area contributed by atoms with E-state index in [0.717, 1.165) is 25.7 Å². The Balaban J connectivity index is 1.75. The average Bonchev–Trinajstić information content (AvgIpc) is 2.80. The van der Waals surface area contributed by atoms with Crippen LogP contribution < -0.4 is 0 Å². The van der Waals surface area contributed by atoms with Crippen LogP contribution in [0.3, 0.4) is 0 Å². The average molecular weight is 346 g/mol. The van der Waals surface area contributed by atoms with Crippen LogP contribution in [-0.4, -0.2) is 33.5 Å². The summed E-state index contributed by atoms with van der Waals surface area (Å²) in [5.41, 5.74) is -0.744. The van der Waals surface area contributed by atoms with Crippen molar-refractivity contribution in [3.63, 3.8) is 0 Å². The van der Waals surface area contributed by atoms with E-state index in [9.17, 15) is 19.8 Å². The van der Waals surface area contributed by atoms with E-state index in [-0.39, 0.29) is 28.8 Å². The molecule has 2 N–H and O–H groups in total. The maximum absolute atomic E-state index is 12.2. The summed E-state index contributed by atoms with van der Waals surface area (Å²) in [6.07, 6.45) is 6.38. The second-order valence-corrected chi connectivity index (χ2v) is 9.53. The van der Waals surface area contributed by atoms with Crippen LogP contribution in [0.4, 0.5) is 0 Å². The maximum Gasteiger partial charge on any atom is 0.161 e. The van der Waals surface area contributed by atoms with Crippen molar-refractivity contribution in [2.75, 3.05) is 0 Å². The fourth-order valence-electron chi connectivity index (χ4n) is 7.27. The highest BCUT2D eigenvalue weighted by molar-refractivity contribution is 5.91. The van der Waals surface area contributed by atoms with E-state index in [1.54, 1.807) is 0 Å². The fraction of sp³-hybridized carbons (Fsp3) is 0.810. The highest BCUT2D eigenvalue weighted by Gasteiger charge is 2.67. The van der Waals surface area contributed by atoms with E-state index in [1.165, 1.54) is 12.5 Å². The van der Waals surface area contributed by atoms with E-state index in [1.807, 2.05) is 13.0 Å². The van der Waals surface area contributed by atoms with Crippen LogP contribution in [0.25, 0.3) is 0 Å². The van der Waals surface area contributed by atoms with Gasteiger partial charge < -0.3 is 10.2 Å². The highest BCUT2D eigenvalue weighted by Crippen LogP contribution is 2.67. The van der Waals surface area contributed by atoms with Crippen LogP contribution >= 0.6 is 0 Å². The van der Waals surface area contributed by atoms with E-state index in [0.29, 0.717) is 25.2 Å². The molecule has 138 valence electrons. The molecule has 0 heterocycles. The Labute approximate surface area is 149 Å². The predicted octanol–water partition coefficient (Wildman–Crippen LogP) is 2.81. The molecule has 25 heavy (non-hydrogen) atoms. The van der Waals surface area contributed by atoms with Crippen molar-refractivity contribution in [2.45, 2.75) is 77.4 Å². The van der Waals surface area contributed by atoms with Crippen LogP contribution in [-0.2, 0) is 9.59 Å². The number of aliphatic hydroxyl groups excluding tert-OH is 1. The van der Waals surface area contributed by atoms with Gasteiger partial charge in [-0.05, 0) is 74.7 Å². The summed E-state index contributed by atoms with van der Waals surface area (Å²) < 4.78 is 0. The van der Waals surface area contributed by atoms with Crippen molar-refractivity contribution in [2.24, 2.45) is 28.6 Å². The highest BCUT2D eigenvalue weighted by atomic mass is 16.3. The van der Waals surface area contributed by atoms with Gasteiger partial charge in [0.1, 0.15) is 5.60 Å². The maximum atomic E-state index is 12.2. The first kappa shape index (κ1) is 17.4. The summed E-state index contributed by atoms with van der Waals surface area (Å²) in [5.74, 6) is 0.776. The van der Waals surface area contributed by atoms with Gasteiger partial charge in [0.15, 0.2) is 11.6 Å². The number of hydrogen-bond donors (Lipinski definition) is 2. The van der Waals surface area contributed by atoms with Crippen LogP contribution in [0.5, 0.6) is 0 Å². The molecule has 3 saturated carbocycles. The number of carbonyl (C=O) groups is 2. The number of Topliss-reactive ketones (excluding diaryl/α,β-unsaturated/α-hetero) is 1. The van der Waals surface area contributed by atoms with Gasteiger partial charge in [0.25, 0.3) is 0 Å². The lowest BCUT2D eigenvalue weighted by molar-refractivity contribution is -0.179. The summed E-state index contributed by atoms with van der Waals surface area (Å²) in [4.78, 5) is 24.1. The van der Waals surface area contributed by atoms with Crippen molar-refractivity contribution in [3.05, 3.63) is 11.6 Å². The van der Waals surface area contributed by atoms with Crippen molar-refractivity contribution < 1.29 is 19.8 Å². The molecule has 0 aromatic rings. The molecular weight excluding hydrogens is 316 g/mol. The third kappa shape index (κ3) is 2.07. The zero-order valence-corrected chi connectivity index (χ0v) is 15.5. The summed E-state index contributed by atoms with van der Waals surface area (Å²) in [5, 5.41) is 22.3. The zero-order valence-electron chi connectivity index (χ0n) is 15.5. The first-order valence-corrected chi connectivity index (χ1v) is 9.79. The van der Waals surface area contributed by atoms with E-state index >= 15 is 0 Å². The second kappa shape index (κ2) is 5.26. The lowest BCUT2D eigenvalue weighted by Gasteiger charge is -2.60. The normalized spacial score (nSPS) is 52.0. The van der Waals surface area contributed by atoms with E-state index < -0.39 is 17.1 Å². The molecule has 4 rings (SSSR count). The van der Waals surface area contributed by atoms with Gasteiger partial charge in [0.2, 0.25) is 0 Å². The van der Waals surface area contributed by atoms with Gasteiger partial charge in [0.05, 0.1) is 6.10 Å². The van der Waals surface area contributed by atoms with E-state index in [4.69, 9.17) is 0 Å². The molecule has 0 aromatic carbocycles. The van der Waals surface area contributed by atoms with Gasteiger partial charge >= 0.3 is 0 Å². The minimum Gasteiger partial charge on any atom is -0.393 e. The monoisotopic (exact) mass is 346 g/mol. The predicted molar refractivity (Wildman–Crippen MR) is 93.7 cm³/mol. The van der Waals surface area contributed by atoms with Gasteiger partial charge in [0, 0.05) is 11.8 Å². The summed E-state index contributed by atoms with van der Waals surface area (Å²) >= 11 is 0. The number of hydrogen-bond acceptors (Lipinski definition) is 4. The smallest absolute Gasteiger partial charge is 0.161 e. The van der Waals surface area contributed by atoms with Crippen LogP contribution in [0.15, 0.2) is 11.6 Å². The molecule has 3 fully saturated rings. The Hall–Kier alpha value is -1.00. The topological polar surface area (TPSA) is 74.6 Å². The molecule has 4 nitrogen and oxygen atoms in total. The zero-order chi connectivity index (χ0) is 18.2. The summed E-state index contributed by atoms with van der Waals surface area (Å²) in [7, 11) is 0. The molecule has 0 radical (unpaired) electrons. The van der Waals surface area contributed by atoms with Crippen LogP contribution in [0.1, 0.15) is 65.7 Å². The van der Waals surface area contributed by atoms with Crippen molar-refractivity contribution in [1.82, 2.24) is 0 Å². The van der Waals surface area contributed by atoms with Gasteiger partial charge in [-0.1, -0.05) is 19.4 Å². The van der Waals surface area contributed by atoms with Gasteiger partial charge in [-0.3, -0.25) is 9.59 Å². The molecule has 0 unspecified atom stereocenters. The molecule has 0 aliphatic heterocycles. The number of aliphatic hydroxyl groups is 2. The molecule has 4 aliphatic carbocycles. The fourth-order valence-corrected chi connectivity index (χ4v) is 7.27. The van der Waals surface area contributed by atoms with Crippen molar-refractivity contribution in [3.8, 4) is 0 Å². The minimum absolute atomic E-state index is 0.117. The molecule has 0 saturated heterocycles. The molecule has 0 aromatic heterocycles. The molecule has 0 bridgehead atoms. The largest absolute Gasteiger partial charge is 0.393 e. The Morgan fingerprint density at radius 2 is 1.92 bits per heavy atom. The Kier molecular flexibility index (Phi) is 3.66. The number of carbonyl (C=O) groups excluding carboxylic acids is 2. The lowest BCUT2D eigenvalue weighted by atomic mass is 9.45.